The fourth-order valence-electron chi connectivity index (χ4n) is 2.23. The van der Waals surface area contributed by atoms with Crippen molar-refractivity contribution in [3.8, 4) is 0 Å². The number of nitrogens with zero attached hydrogens (tertiary/aromatic N) is 1. The van der Waals surface area contributed by atoms with Gasteiger partial charge < -0.3 is 5.32 Å². The van der Waals surface area contributed by atoms with Gasteiger partial charge in [0.05, 0.1) is 11.9 Å². The third kappa shape index (κ3) is 3.90. The van der Waals surface area contributed by atoms with E-state index in [2.05, 4.69) is 5.32 Å². The van der Waals surface area contributed by atoms with Gasteiger partial charge in [0.15, 0.2) is 0 Å². The van der Waals surface area contributed by atoms with Crippen LogP contribution in [0.4, 0.5) is 11.4 Å². The maximum absolute atomic E-state index is 12.5. The third-order valence-electron chi connectivity index (χ3n) is 3.69. The van der Waals surface area contributed by atoms with Crippen LogP contribution in [-0.2, 0) is 10.0 Å². The molecule has 6 heteroatoms. The fraction of sp³-hybridized carbons (Fsp3) is 0.235. The van der Waals surface area contributed by atoms with Crippen molar-refractivity contribution < 1.29 is 13.2 Å². The zero-order valence-corrected chi connectivity index (χ0v) is 14.4. The second-order valence-corrected chi connectivity index (χ2v) is 7.52. The van der Waals surface area contributed by atoms with Gasteiger partial charge in [-0.25, -0.2) is 8.42 Å². The van der Waals surface area contributed by atoms with Crippen molar-refractivity contribution in [2.75, 3.05) is 22.9 Å². The quantitative estimate of drug-likeness (QED) is 0.936. The molecule has 0 radical (unpaired) electrons. The zero-order valence-electron chi connectivity index (χ0n) is 13.6. The summed E-state index contributed by atoms with van der Waals surface area (Å²) in [6.07, 6.45) is 1.12. The molecular formula is C17H20N2O3S. The van der Waals surface area contributed by atoms with Crippen LogP contribution in [0.25, 0.3) is 0 Å². The molecule has 2 rings (SSSR count). The lowest BCUT2D eigenvalue weighted by Gasteiger charge is -2.17. The van der Waals surface area contributed by atoms with Crippen LogP contribution < -0.4 is 9.62 Å². The molecule has 5 nitrogen and oxygen atoms in total. The monoisotopic (exact) mass is 332 g/mol. The Labute approximate surface area is 137 Å². The molecule has 122 valence electrons. The van der Waals surface area contributed by atoms with Gasteiger partial charge in [0.1, 0.15) is 0 Å². The molecule has 0 fully saturated rings. The maximum atomic E-state index is 12.5. The Morgan fingerprint density at radius 3 is 2.17 bits per heavy atom. The molecule has 0 spiro atoms. The van der Waals surface area contributed by atoms with Crippen molar-refractivity contribution in [3.63, 3.8) is 0 Å². The number of rotatable bonds is 4. The van der Waals surface area contributed by atoms with Crippen molar-refractivity contribution >= 4 is 27.3 Å². The molecule has 0 saturated heterocycles. The molecule has 0 atom stereocenters. The summed E-state index contributed by atoms with van der Waals surface area (Å²) in [4.78, 5) is 12.5. The van der Waals surface area contributed by atoms with Gasteiger partial charge in [0.2, 0.25) is 10.0 Å². The number of sulfonamides is 1. The van der Waals surface area contributed by atoms with Crippen molar-refractivity contribution in [1.29, 1.82) is 0 Å². The van der Waals surface area contributed by atoms with Gasteiger partial charge >= 0.3 is 0 Å². The first-order valence-corrected chi connectivity index (χ1v) is 8.96. The molecule has 23 heavy (non-hydrogen) atoms. The molecule has 0 aromatic heterocycles. The average molecular weight is 332 g/mol. The average Bonchev–Trinajstić information content (AvgIpc) is 2.49. The van der Waals surface area contributed by atoms with Gasteiger partial charge in [-0.05, 0) is 43.2 Å². The van der Waals surface area contributed by atoms with Crippen LogP contribution in [0.3, 0.4) is 0 Å². The van der Waals surface area contributed by atoms with Crippen LogP contribution in [-0.4, -0.2) is 27.6 Å². The predicted molar refractivity (Wildman–Crippen MR) is 93.6 cm³/mol. The van der Waals surface area contributed by atoms with Crippen LogP contribution in [0.5, 0.6) is 0 Å². The van der Waals surface area contributed by atoms with E-state index in [0.29, 0.717) is 11.3 Å². The van der Waals surface area contributed by atoms with E-state index >= 15 is 0 Å². The zero-order chi connectivity index (χ0) is 17.2. The van der Waals surface area contributed by atoms with Crippen LogP contribution in [0, 0.1) is 13.8 Å². The van der Waals surface area contributed by atoms with Crippen molar-refractivity contribution in [2.24, 2.45) is 0 Å². The first-order valence-electron chi connectivity index (χ1n) is 7.11. The van der Waals surface area contributed by atoms with Gasteiger partial charge in [0, 0.05) is 18.3 Å². The Morgan fingerprint density at radius 1 is 1.04 bits per heavy atom. The normalized spacial score (nSPS) is 11.1. The van der Waals surface area contributed by atoms with Gasteiger partial charge in [-0.15, -0.1) is 0 Å². The highest BCUT2D eigenvalue weighted by Crippen LogP contribution is 2.22. The molecule has 0 heterocycles. The Hall–Kier alpha value is -2.34. The van der Waals surface area contributed by atoms with Crippen LogP contribution in [0.2, 0.25) is 0 Å². The minimum Gasteiger partial charge on any atom is -0.322 e. The van der Waals surface area contributed by atoms with Crippen molar-refractivity contribution in [1.82, 2.24) is 0 Å². The van der Waals surface area contributed by atoms with E-state index in [1.54, 1.807) is 24.3 Å². The molecule has 2 aromatic rings. The first kappa shape index (κ1) is 17.0. The van der Waals surface area contributed by atoms with E-state index < -0.39 is 10.0 Å². The molecule has 0 aliphatic heterocycles. The molecule has 1 N–H and O–H groups in total. The van der Waals surface area contributed by atoms with Crippen molar-refractivity contribution in [2.45, 2.75) is 13.8 Å². The highest BCUT2D eigenvalue weighted by atomic mass is 32.2. The maximum Gasteiger partial charge on any atom is 0.255 e. The Kier molecular flexibility index (Phi) is 4.75. The molecule has 2 aromatic carbocycles. The highest BCUT2D eigenvalue weighted by Gasteiger charge is 2.15. The van der Waals surface area contributed by atoms with E-state index in [4.69, 9.17) is 0 Å². The minimum atomic E-state index is -3.37. The highest BCUT2D eigenvalue weighted by molar-refractivity contribution is 7.92. The number of hydrogen-bond acceptors (Lipinski definition) is 3. The number of amides is 1. The number of aryl methyl sites for hydroxylation is 2. The predicted octanol–water partition coefficient (Wildman–Crippen LogP) is 2.95. The summed E-state index contributed by atoms with van der Waals surface area (Å²) in [6.45, 7) is 3.85. The molecular weight excluding hydrogens is 312 g/mol. The number of nitrogens with one attached hydrogen (secondary N) is 1. The summed E-state index contributed by atoms with van der Waals surface area (Å²) < 4.78 is 24.4. The van der Waals surface area contributed by atoms with Gasteiger partial charge in [0.25, 0.3) is 5.91 Å². The minimum absolute atomic E-state index is 0.272. The van der Waals surface area contributed by atoms with Crippen LogP contribution >= 0.6 is 0 Å². The van der Waals surface area contributed by atoms with E-state index in [-0.39, 0.29) is 5.91 Å². The van der Waals surface area contributed by atoms with E-state index in [1.807, 2.05) is 32.0 Å². The summed E-state index contributed by atoms with van der Waals surface area (Å²) in [5, 5.41) is 2.89. The number of benzene rings is 2. The number of carbonyl (C=O) groups excluding carboxylic acids is 1. The first-order chi connectivity index (χ1) is 10.7. The molecule has 0 aliphatic carbocycles. The Balaban J connectivity index is 2.31. The van der Waals surface area contributed by atoms with E-state index in [9.17, 15) is 13.2 Å². The summed E-state index contributed by atoms with van der Waals surface area (Å²) in [6, 6.07) is 12.3. The lowest BCUT2D eigenvalue weighted by Crippen LogP contribution is -2.25. The smallest absolute Gasteiger partial charge is 0.255 e. The molecule has 0 bridgehead atoms. The van der Waals surface area contributed by atoms with Gasteiger partial charge in [-0.1, -0.05) is 24.3 Å². The topological polar surface area (TPSA) is 66.5 Å². The number of anilines is 2. The second kappa shape index (κ2) is 6.42. The summed E-state index contributed by atoms with van der Waals surface area (Å²) in [7, 11) is -1.91. The Morgan fingerprint density at radius 2 is 1.61 bits per heavy atom. The molecule has 0 unspecified atom stereocenters. The largest absolute Gasteiger partial charge is 0.322 e. The fourth-order valence-corrected chi connectivity index (χ4v) is 2.73. The molecule has 1 amide bonds. The summed E-state index contributed by atoms with van der Waals surface area (Å²) >= 11 is 0. The SMILES string of the molecule is Cc1cccc(C)c1NC(=O)c1cccc(N(C)S(C)(=O)=O)c1. The van der Waals surface area contributed by atoms with Gasteiger partial charge in [-0.2, -0.15) is 0 Å². The third-order valence-corrected chi connectivity index (χ3v) is 4.89. The Bertz CT molecular complexity index is 824. The molecule has 0 saturated carbocycles. The number of para-hydroxylation sites is 1. The standard InChI is InChI=1S/C17H20N2O3S/c1-12-7-5-8-13(2)16(12)18-17(20)14-9-6-10-15(11-14)19(3)23(4,21)22/h5-11H,1-4H3,(H,18,20). The van der Waals surface area contributed by atoms with Crippen LogP contribution in [0.15, 0.2) is 42.5 Å². The number of hydrogen-bond donors (Lipinski definition) is 1. The lowest BCUT2D eigenvalue weighted by atomic mass is 10.1. The summed E-state index contributed by atoms with van der Waals surface area (Å²) in [5.74, 6) is -0.272. The van der Waals surface area contributed by atoms with E-state index in [0.717, 1.165) is 27.4 Å². The lowest BCUT2D eigenvalue weighted by molar-refractivity contribution is 0.102. The number of carbonyl (C=O) groups is 1. The van der Waals surface area contributed by atoms with Crippen LogP contribution in [0.1, 0.15) is 21.5 Å². The van der Waals surface area contributed by atoms with Crippen molar-refractivity contribution in [3.05, 3.63) is 59.2 Å². The van der Waals surface area contributed by atoms with Gasteiger partial charge in [-0.3, -0.25) is 9.10 Å². The molecule has 0 aliphatic rings. The summed E-state index contributed by atoms with van der Waals surface area (Å²) in [5.41, 5.74) is 3.58. The van der Waals surface area contributed by atoms with E-state index in [1.165, 1.54) is 7.05 Å². The second-order valence-electron chi connectivity index (χ2n) is 5.50.